The Morgan fingerprint density at radius 1 is 1.30 bits per heavy atom. The third-order valence-electron chi connectivity index (χ3n) is 5.99. The molecule has 1 saturated heterocycles. The number of nitrogens with two attached hydrogens (primary N) is 1. The molecule has 1 aliphatic heterocycles. The van der Waals surface area contributed by atoms with Gasteiger partial charge in [-0.05, 0) is 51.9 Å². The van der Waals surface area contributed by atoms with Crippen LogP contribution in [0.15, 0.2) is 22.3 Å². The number of rotatable bonds is 4. The molecule has 30 heavy (non-hydrogen) atoms. The molecule has 2 aromatic heterocycles. The van der Waals surface area contributed by atoms with E-state index in [0.717, 1.165) is 40.5 Å². The van der Waals surface area contributed by atoms with Crippen molar-refractivity contribution in [2.24, 2.45) is 5.73 Å². The second-order valence-corrected chi connectivity index (χ2v) is 8.99. The lowest BCUT2D eigenvalue weighted by atomic mass is 9.97. The summed E-state index contributed by atoms with van der Waals surface area (Å²) in [6.45, 7) is 3.65. The van der Waals surface area contributed by atoms with E-state index in [0.29, 0.717) is 48.5 Å². The molecule has 9 heteroatoms. The number of halogens is 2. The Bertz CT molecular complexity index is 1070. The van der Waals surface area contributed by atoms with Crippen LogP contribution in [-0.2, 0) is 6.54 Å². The van der Waals surface area contributed by atoms with Crippen LogP contribution in [0.5, 0.6) is 0 Å². The lowest BCUT2D eigenvalue weighted by Crippen LogP contribution is -2.34. The fourth-order valence-corrected chi connectivity index (χ4v) is 4.80. The van der Waals surface area contributed by atoms with Crippen LogP contribution < -0.4 is 5.73 Å². The summed E-state index contributed by atoms with van der Waals surface area (Å²) >= 11 is 12.7. The van der Waals surface area contributed by atoms with E-state index in [-0.39, 0.29) is 5.91 Å². The van der Waals surface area contributed by atoms with E-state index in [1.165, 1.54) is 0 Å². The van der Waals surface area contributed by atoms with E-state index < -0.39 is 0 Å². The van der Waals surface area contributed by atoms with E-state index in [1.54, 1.807) is 12.3 Å². The Hall–Kier alpha value is -1.93. The number of nitrogens with zero attached hydrogens (tertiary/aromatic N) is 5. The summed E-state index contributed by atoms with van der Waals surface area (Å²) < 4.78 is 1.85. The minimum Gasteiger partial charge on any atom is -0.336 e. The number of aryl methyl sites for hydroxylation is 1. The maximum atomic E-state index is 13.1. The number of allylic oxidation sites excluding steroid dienone is 4. The molecule has 0 radical (unpaired) electrons. The predicted octanol–water partition coefficient (Wildman–Crippen LogP) is 3.14. The largest absolute Gasteiger partial charge is 0.336 e. The smallest absolute Gasteiger partial charge is 0.274 e. The first-order valence-electron chi connectivity index (χ1n) is 10.1. The van der Waals surface area contributed by atoms with Crippen molar-refractivity contribution in [2.75, 3.05) is 27.2 Å². The van der Waals surface area contributed by atoms with Crippen molar-refractivity contribution >= 4 is 40.5 Å². The maximum Gasteiger partial charge on any atom is 0.274 e. The van der Waals surface area contributed by atoms with Gasteiger partial charge >= 0.3 is 0 Å². The van der Waals surface area contributed by atoms with Gasteiger partial charge in [0.05, 0.1) is 5.69 Å². The molecule has 2 N–H and O–H groups in total. The standard InChI is InChI=1S/C21H26Cl2N6O/c1-12-16(9-24)19(15-5-4-13(22)8-17(15)23)29-11-18(26-21(29)25-12)20(30)28-7-6-14(10-28)27(2)3/h8,11,14H,4-7,9-10,24H2,1-3H3. The van der Waals surface area contributed by atoms with E-state index in [2.05, 4.69) is 14.9 Å². The van der Waals surface area contributed by atoms with Crippen LogP contribution in [0.4, 0.5) is 0 Å². The van der Waals surface area contributed by atoms with Gasteiger partial charge in [-0.3, -0.25) is 9.20 Å². The summed E-state index contributed by atoms with van der Waals surface area (Å²) in [5.41, 5.74) is 9.95. The zero-order valence-corrected chi connectivity index (χ0v) is 19.0. The van der Waals surface area contributed by atoms with Gasteiger partial charge in [-0.2, -0.15) is 0 Å². The Kier molecular flexibility index (Phi) is 5.90. The minimum absolute atomic E-state index is 0.0746. The van der Waals surface area contributed by atoms with E-state index in [1.807, 2.05) is 30.3 Å². The Labute approximate surface area is 186 Å². The SMILES string of the molecule is Cc1nc2nc(C(=O)N3CCC(N(C)C)C3)cn2c(C2=C(Cl)C=C(Cl)CC2)c1CN. The van der Waals surface area contributed by atoms with Gasteiger partial charge in [-0.15, -0.1) is 0 Å². The van der Waals surface area contributed by atoms with Crippen molar-refractivity contribution in [3.05, 3.63) is 45.0 Å². The van der Waals surface area contributed by atoms with Crippen molar-refractivity contribution in [3.8, 4) is 0 Å². The lowest BCUT2D eigenvalue weighted by Gasteiger charge is -2.20. The molecule has 0 aromatic carbocycles. The quantitative estimate of drug-likeness (QED) is 0.776. The highest BCUT2D eigenvalue weighted by Crippen LogP contribution is 2.37. The number of carbonyl (C=O) groups excluding carboxylic acids is 1. The fraction of sp³-hybridized carbons (Fsp3) is 0.476. The molecule has 2 aromatic rings. The molecule has 1 aliphatic carbocycles. The number of likely N-dealkylation sites (N-methyl/N-ethyl adjacent to an activating group) is 1. The zero-order chi connectivity index (χ0) is 21.6. The zero-order valence-electron chi connectivity index (χ0n) is 17.5. The van der Waals surface area contributed by atoms with Gasteiger partial charge in [0.25, 0.3) is 5.91 Å². The summed E-state index contributed by atoms with van der Waals surface area (Å²) in [7, 11) is 4.08. The molecule has 7 nitrogen and oxygen atoms in total. The predicted molar refractivity (Wildman–Crippen MR) is 120 cm³/mol. The van der Waals surface area contributed by atoms with Crippen LogP contribution in [0.1, 0.15) is 46.7 Å². The van der Waals surface area contributed by atoms with Crippen LogP contribution in [-0.4, -0.2) is 63.3 Å². The third kappa shape index (κ3) is 3.75. The minimum atomic E-state index is -0.0746. The van der Waals surface area contributed by atoms with Crippen molar-refractivity contribution in [2.45, 2.75) is 38.8 Å². The third-order valence-corrected chi connectivity index (χ3v) is 6.63. The topological polar surface area (TPSA) is 79.8 Å². The molecule has 0 spiro atoms. The number of fused-ring (bicyclic) bond motifs is 1. The molecule has 0 bridgehead atoms. The van der Waals surface area contributed by atoms with Gasteiger partial charge in [0.2, 0.25) is 5.78 Å². The summed E-state index contributed by atoms with van der Waals surface area (Å²) in [6.07, 6.45) is 5.90. The first kappa shape index (κ1) is 21.3. The van der Waals surface area contributed by atoms with E-state index >= 15 is 0 Å². The molecule has 1 fully saturated rings. The number of hydrogen-bond donors (Lipinski definition) is 1. The summed E-state index contributed by atoms with van der Waals surface area (Å²) in [6, 6.07) is 0.369. The van der Waals surface area contributed by atoms with Crippen LogP contribution in [0.2, 0.25) is 0 Å². The van der Waals surface area contributed by atoms with Crippen LogP contribution in [0.25, 0.3) is 11.4 Å². The molecule has 4 rings (SSSR count). The number of carbonyl (C=O) groups is 1. The fourth-order valence-electron chi connectivity index (χ4n) is 4.23. The summed E-state index contributed by atoms with van der Waals surface area (Å²) in [4.78, 5) is 26.3. The van der Waals surface area contributed by atoms with E-state index in [9.17, 15) is 4.79 Å². The van der Waals surface area contributed by atoms with Crippen molar-refractivity contribution in [1.82, 2.24) is 24.2 Å². The lowest BCUT2D eigenvalue weighted by molar-refractivity contribution is 0.0778. The molecule has 3 heterocycles. The Morgan fingerprint density at radius 2 is 2.07 bits per heavy atom. The molecule has 1 atom stereocenters. The maximum absolute atomic E-state index is 13.1. The number of hydrogen-bond acceptors (Lipinski definition) is 5. The second-order valence-electron chi connectivity index (χ2n) is 8.10. The molecule has 160 valence electrons. The Balaban J connectivity index is 1.80. The summed E-state index contributed by atoms with van der Waals surface area (Å²) in [5, 5.41) is 1.31. The highest BCUT2D eigenvalue weighted by atomic mass is 35.5. The molecule has 1 unspecified atom stereocenters. The number of amides is 1. The second kappa shape index (κ2) is 8.30. The van der Waals surface area contributed by atoms with Gasteiger partial charge in [0.1, 0.15) is 5.69 Å². The average Bonchev–Trinajstić information content (AvgIpc) is 3.34. The monoisotopic (exact) mass is 448 g/mol. The van der Waals surface area contributed by atoms with Crippen LogP contribution in [0.3, 0.4) is 0 Å². The van der Waals surface area contributed by atoms with E-state index in [4.69, 9.17) is 28.9 Å². The molecule has 1 amide bonds. The molecular weight excluding hydrogens is 423 g/mol. The number of imidazole rings is 1. The van der Waals surface area contributed by atoms with Crippen LogP contribution >= 0.6 is 23.2 Å². The Morgan fingerprint density at radius 3 is 2.70 bits per heavy atom. The highest BCUT2D eigenvalue weighted by molar-refractivity contribution is 6.37. The first-order chi connectivity index (χ1) is 14.3. The van der Waals surface area contributed by atoms with Gasteiger partial charge < -0.3 is 15.5 Å². The van der Waals surface area contributed by atoms with Crippen LogP contribution in [0, 0.1) is 6.92 Å². The highest BCUT2D eigenvalue weighted by Gasteiger charge is 2.30. The average molecular weight is 449 g/mol. The molecule has 2 aliphatic rings. The number of aromatic nitrogens is 3. The first-order valence-corrected chi connectivity index (χ1v) is 10.8. The van der Waals surface area contributed by atoms with Gasteiger partial charge in [-0.1, -0.05) is 23.2 Å². The molecule has 0 saturated carbocycles. The van der Waals surface area contributed by atoms with Crippen molar-refractivity contribution < 1.29 is 4.79 Å². The van der Waals surface area contributed by atoms with Gasteiger partial charge in [0.15, 0.2) is 0 Å². The molecular formula is C21H26Cl2N6O. The number of likely N-dealkylation sites (tertiary alicyclic amines) is 1. The van der Waals surface area contributed by atoms with Crippen molar-refractivity contribution in [3.63, 3.8) is 0 Å². The summed E-state index contributed by atoms with van der Waals surface area (Å²) in [5.74, 6) is 0.401. The van der Waals surface area contributed by atoms with Gasteiger partial charge in [-0.25, -0.2) is 9.97 Å². The van der Waals surface area contributed by atoms with Crippen molar-refractivity contribution in [1.29, 1.82) is 0 Å². The van der Waals surface area contributed by atoms with Gasteiger partial charge in [0, 0.05) is 53.2 Å². The normalized spacial score (nSPS) is 19.9.